The van der Waals surface area contributed by atoms with Crippen molar-refractivity contribution < 1.29 is 0 Å². The zero-order chi connectivity index (χ0) is 14.5. The van der Waals surface area contributed by atoms with Crippen LogP contribution in [0.3, 0.4) is 0 Å². The van der Waals surface area contributed by atoms with Crippen LogP contribution >= 0.6 is 47.0 Å². The molecule has 1 aromatic heterocycles. The lowest BCUT2D eigenvalue weighted by atomic mass is 10.3. The number of nitrogens with one attached hydrogen (secondary N) is 2. The van der Waals surface area contributed by atoms with Gasteiger partial charge in [-0.2, -0.15) is 5.10 Å². The summed E-state index contributed by atoms with van der Waals surface area (Å²) in [5.74, 6) is 0. The Kier molecular flexibility index (Phi) is 5.48. The molecule has 20 heavy (non-hydrogen) atoms. The average Bonchev–Trinajstić information content (AvgIpc) is 2.73. The van der Waals surface area contributed by atoms with E-state index >= 15 is 0 Å². The Balaban J connectivity index is 1.80. The Morgan fingerprint density at radius 2 is 1.85 bits per heavy atom. The van der Waals surface area contributed by atoms with Gasteiger partial charge in [-0.1, -0.05) is 34.8 Å². The van der Waals surface area contributed by atoms with E-state index in [1.807, 2.05) is 0 Å². The molecule has 4 nitrogen and oxygen atoms in total. The van der Waals surface area contributed by atoms with Crippen molar-refractivity contribution >= 4 is 57.8 Å². The minimum Gasteiger partial charge on any atom is -0.361 e. The summed E-state index contributed by atoms with van der Waals surface area (Å²) in [6.07, 6.45) is 3.34. The minimum absolute atomic E-state index is 0.488. The van der Waals surface area contributed by atoms with Crippen LogP contribution in [0.25, 0.3) is 0 Å². The monoisotopic (exact) mass is 348 g/mol. The lowest BCUT2D eigenvalue weighted by Crippen LogP contribution is -2.31. The predicted molar refractivity (Wildman–Crippen MR) is 87.9 cm³/mol. The molecule has 1 aromatic carbocycles. The minimum atomic E-state index is 0.488. The molecule has 0 saturated carbocycles. The quantitative estimate of drug-likeness (QED) is 0.823. The third-order valence-corrected chi connectivity index (χ3v) is 3.23. The number of halogens is 3. The van der Waals surface area contributed by atoms with Crippen molar-refractivity contribution in [2.75, 3.05) is 11.9 Å². The zero-order valence-corrected chi connectivity index (χ0v) is 13.3. The Bertz CT molecular complexity index is 594. The summed E-state index contributed by atoms with van der Waals surface area (Å²) in [5, 5.41) is 12.3. The number of thiocarbonyl (C=S) groups is 1. The van der Waals surface area contributed by atoms with Gasteiger partial charge < -0.3 is 10.6 Å². The Labute approximate surface area is 137 Å². The van der Waals surface area contributed by atoms with Gasteiger partial charge in [0.1, 0.15) is 0 Å². The van der Waals surface area contributed by atoms with Gasteiger partial charge in [0, 0.05) is 28.5 Å². The van der Waals surface area contributed by atoms with Crippen LogP contribution in [-0.2, 0) is 6.54 Å². The van der Waals surface area contributed by atoms with E-state index in [0.29, 0.717) is 33.3 Å². The van der Waals surface area contributed by atoms with E-state index in [1.54, 1.807) is 35.3 Å². The van der Waals surface area contributed by atoms with Crippen molar-refractivity contribution in [3.8, 4) is 0 Å². The van der Waals surface area contributed by atoms with Crippen LogP contribution in [-0.4, -0.2) is 21.4 Å². The molecule has 1 heterocycles. The van der Waals surface area contributed by atoms with Crippen LogP contribution < -0.4 is 10.6 Å². The van der Waals surface area contributed by atoms with Gasteiger partial charge in [0.05, 0.1) is 17.8 Å². The fourth-order valence-corrected chi connectivity index (χ4v) is 2.45. The van der Waals surface area contributed by atoms with Crippen LogP contribution in [0.15, 0.2) is 30.6 Å². The van der Waals surface area contributed by atoms with E-state index in [-0.39, 0.29) is 0 Å². The van der Waals surface area contributed by atoms with Crippen LogP contribution in [0.4, 0.5) is 5.69 Å². The summed E-state index contributed by atoms with van der Waals surface area (Å²) in [6.45, 7) is 1.28. The first-order valence-electron chi connectivity index (χ1n) is 5.72. The van der Waals surface area contributed by atoms with Gasteiger partial charge in [0.15, 0.2) is 5.11 Å². The molecule has 0 spiro atoms. The first-order chi connectivity index (χ1) is 9.52. The van der Waals surface area contributed by atoms with E-state index in [0.717, 1.165) is 5.69 Å². The molecule has 0 fully saturated rings. The summed E-state index contributed by atoms with van der Waals surface area (Å²) in [6, 6.07) is 5.15. The lowest BCUT2D eigenvalue weighted by molar-refractivity contribution is 0.604. The van der Waals surface area contributed by atoms with Crippen molar-refractivity contribution in [2.24, 2.45) is 0 Å². The third-order valence-electron chi connectivity index (χ3n) is 2.35. The maximum Gasteiger partial charge on any atom is 0.170 e. The van der Waals surface area contributed by atoms with Crippen LogP contribution in [0.5, 0.6) is 0 Å². The number of benzene rings is 1. The lowest BCUT2D eigenvalue weighted by Gasteiger charge is -2.11. The molecule has 2 N–H and O–H groups in total. The van der Waals surface area contributed by atoms with E-state index in [2.05, 4.69) is 15.7 Å². The van der Waals surface area contributed by atoms with Crippen molar-refractivity contribution in [1.29, 1.82) is 0 Å². The van der Waals surface area contributed by atoms with E-state index in [9.17, 15) is 0 Å². The Hall–Kier alpha value is -1.01. The summed E-state index contributed by atoms with van der Waals surface area (Å²) in [5.41, 5.74) is 0.738. The molecule has 0 radical (unpaired) electrons. The predicted octanol–water partition coefficient (Wildman–Crippen LogP) is 3.83. The van der Waals surface area contributed by atoms with Gasteiger partial charge in [-0.3, -0.25) is 4.68 Å². The molecule has 2 aromatic rings. The van der Waals surface area contributed by atoms with E-state index in [1.165, 1.54) is 0 Å². The first kappa shape index (κ1) is 15.4. The fourth-order valence-electron chi connectivity index (χ4n) is 1.55. The van der Waals surface area contributed by atoms with Gasteiger partial charge in [0.2, 0.25) is 0 Å². The molecule has 0 aliphatic carbocycles. The van der Waals surface area contributed by atoms with Gasteiger partial charge >= 0.3 is 0 Å². The van der Waals surface area contributed by atoms with Crippen LogP contribution in [0.1, 0.15) is 0 Å². The molecule has 2 rings (SSSR count). The van der Waals surface area contributed by atoms with Crippen molar-refractivity contribution in [2.45, 2.75) is 6.54 Å². The highest BCUT2D eigenvalue weighted by molar-refractivity contribution is 7.80. The fraction of sp³-hybridized carbons (Fsp3) is 0.167. The smallest absolute Gasteiger partial charge is 0.170 e. The highest BCUT2D eigenvalue weighted by Crippen LogP contribution is 2.22. The van der Waals surface area contributed by atoms with Crippen molar-refractivity contribution in [3.05, 3.63) is 45.7 Å². The molecule has 106 valence electrons. The second-order valence-corrected chi connectivity index (χ2v) is 5.68. The van der Waals surface area contributed by atoms with E-state index < -0.39 is 0 Å². The second kappa shape index (κ2) is 7.13. The second-order valence-electron chi connectivity index (χ2n) is 3.96. The van der Waals surface area contributed by atoms with Gasteiger partial charge in [0.25, 0.3) is 0 Å². The standard InChI is InChI=1S/C12H11Cl3N4S/c13-8-3-9(14)5-11(4-8)18-12(20)16-1-2-19-7-10(15)6-17-19/h3-7H,1-2H2,(H2,16,18,20). The molecule has 0 amide bonds. The van der Waals surface area contributed by atoms with Gasteiger partial charge in [-0.25, -0.2) is 0 Å². The summed E-state index contributed by atoms with van der Waals surface area (Å²) >= 11 is 22.8. The molecular weight excluding hydrogens is 339 g/mol. The highest BCUT2D eigenvalue weighted by Gasteiger charge is 2.01. The summed E-state index contributed by atoms with van der Waals surface area (Å²) in [7, 11) is 0. The largest absolute Gasteiger partial charge is 0.361 e. The number of hydrogen-bond donors (Lipinski definition) is 2. The first-order valence-corrected chi connectivity index (χ1v) is 7.26. The topological polar surface area (TPSA) is 41.9 Å². The molecule has 0 aliphatic heterocycles. The van der Waals surface area contributed by atoms with Crippen LogP contribution in [0, 0.1) is 0 Å². The summed E-state index contributed by atoms with van der Waals surface area (Å²) < 4.78 is 1.73. The number of anilines is 1. The average molecular weight is 350 g/mol. The zero-order valence-electron chi connectivity index (χ0n) is 10.2. The van der Waals surface area contributed by atoms with Gasteiger partial charge in [-0.15, -0.1) is 0 Å². The molecule has 0 saturated heterocycles. The Morgan fingerprint density at radius 3 is 2.45 bits per heavy atom. The molecule has 8 heteroatoms. The van der Waals surface area contributed by atoms with Crippen molar-refractivity contribution in [3.63, 3.8) is 0 Å². The maximum atomic E-state index is 5.91. The molecule has 0 unspecified atom stereocenters. The third kappa shape index (κ3) is 4.83. The molecular formula is C12H11Cl3N4S. The van der Waals surface area contributed by atoms with E-state index in [4.69, 9.17) is 47.0 Å². The number of aromatic nitrogens is 2. The van der Waals surface area contributed by atoms with Crippen molar-refractivity contribution in [1.82, 2.24) is 15.1 Å². The number of rotatable bonds is 4. The highest BCUT2D eigenvalue weighted by atomic mass is 35.5. The molecule has 0 bridgehead atoms. The Morgan fingerprint density at radius 1 is 1.15 bits per heavy atom. The SMILES string of the molecule is S=C(NCCn1cc(Cl)cn1)Nc1cc(Cl)cc(Cl)c1. The maximum absolute atomic E-state index is 5.91. The number of hydrogen-bond acceptors (Lipinski definition) is 2. The molecule has 0 aliphatic rings. The number of nitrogens with zero attached hydrogens (tertiary/aromatic N) is 2. The normalized spacial score (nSPS) is 10.3. The molecule has 0 atom stereocenters. The summed E-state index contributed by atoms with van der Waals surface area (Å²) in [4.78, 5) is 0. The van der Waals surface area contributed by atoms with Gasteiger partial charge in [-0.05, 0) is 30.4 Å². The van der Waals surface area contributed by atoms with Crippen LogP contribution in [0.2, 0.25) is 15.1 Å².